The molecule has 0 N–H and O–H groups in total. The quantitative estimate of drug-likeness (QED) is 0.502. The second kappa shape index (κ2) is 12.8. The highest BCUT2D eigenvalue weighted by atomic mass is 16.5. The number of hydrogen-bond acceptors (Lipinski definition) is 6. The molecule has 3 amide bonds. The number of benzene rings is 2. The maximum atomic E-state index is 13.6. The molecular formula is C29H37N3O6. The first-order valence-electron chi connectivity index (χ1n) is 13.2. The molecule has 9 heteroatoms. The van der Waals surface area contributed by atoms with Crippen LogP contribution in [0.25, 0.3) is 0 Å². The molecule has 4 rings (SSSR count). The van der Waals surface area contributed by atoms with Crippen molar-refractivity contribution in [3.8, 4) is 11.5 Å². The van der Waals surface area contributed by atoms with Gasteiger partial charge in [0.25, 0.3) is 0 Å². The van der Waals surface area contributed by atoms with E-state index >= 15 is 0 Å². The van der Waals surface area contributed by atoms with Gasteiger partial charge >= 0.3 is 0 Å². The first-order chi connectivity index (χ1) is 18.4. The van der Waals surface area contributed by atoms with Crippen molar-refractivity contribution in [1.82, 2.24) is 14.7 Å². The molecule has 0 radical (unpaired) electrons. The zero-order chi connectivity index (χ0) is 27.1. The minimum Gasteiger partial charge on any atom is -0.497 e. The molecule has 2 aliphatic heterocycles. The molecule has 2 heterocycles. The summed E-state index contributed by atoms with van der Waals surface area (Å²) in [6.45, 7) is 6.04. The normalized spacial score (nSPS) is 19.3. The lowest BCUT2D eigenvalue weighted by atomic mass is 9.95. The lowest BCUT2D eigenvalue weighted by molar-refractivity contribution is -0.143. The number of methoxy groups -OCH3 is 1. The van der Waals surface area contributed by atoms with E-state index in [1.807, 2.05) is 62.4 Å². The molecule has 0 saturated carbocycles. The van der Waals surface area contributed by atoms with Gasteiger partial charge in [0, 0.05) is 32.7 Å². The standard InChI is InChI=1S/C29H37N3O6/c1-4-30(5-2)28(34)20-37-25-16-31(15-21-10-12-24(36-3)13-11-21)27(33)18-32(17-25)29(35)23-14-22-8-6-7-9-26(22)38-19-23/h6-13,23,25H,4-5,14-20H2,1-3H3/t23-,25-/m1/s1. The lowest BCUT2D eigenvalue weighted by Crippen LogP contribution is -2.46. The van der Waals surface area contributed by atoms with Gasteiger partial charge in [0.15, 0.2) is 0 Å². The third-order valence-corrected chi connectivity index (χ3v) is 7.16. The average molecular weight is 524 g/mol. The molecule has 1 saturated heterocycles. The highest BCUT2D eigenvalue weighted by Gasteiger charge is 2.36. The number of likely N-dealkylation sites (N-methyl/N-ethyl adjacent to an activating group) is 1. The fourth-order valence-electron chi connectivity index (χ4n) is 4.96. The fraction of sp³-hybridized carbons (Fsp3) is 0.483. The van der Waals surface area contributed by atoms with Crippen LogP contribution in [-0.4, -0.2) is 91.6 Å². The minimum atomic E-state index is -0.500. The number of fused-ring (bicyclic) bond motifs is 1. The molecule has 0 bridgehead atoms. The summed E-state index contributed by atoms with van der Waals surface area (Å²) in [4.78, 5) is 44.6. The largest absolute Gasteiger partial charge is 0.497 e. The summed E-state index contributed by atoms with van der Waals surface area (Å²) >= 11 is 0. The number of hydrogen-bond donors (Lipinski definition) is 0. The number of rotatable bonds is 9. The molecule has 2 aromatic carbocycles. The zero-order valence-electron chi connectivity index (χ0n) is 22.4. The third-order valence-electron chi connectivity index (χ3n) is 7.16. The van der Waals surface area contributed by atoms with E-state index in [0.717, 1.165) is 22.6 Å². The minimum absolute atomic E-state index is 0.0447. The van der Waals surface area contributed by atoms with Crippen LogP contribution in [0.4, 0.5) is 0 Å². The van der Waals surface area contributed by atoms with Gasteiger partial charge in [-0.3, -0.25) is 14.4 Å². The third kappa shape index (κ3) is 6.64. The molecule has 38 heavy (non-hydrogen) atoms. The van der Waals surface area contributed by atoms with Gasteiger partial charge in [0.1, 0.15) is 24.7 Å². The van der Waals surface area contributed by atoms with Crippen LogP contribution >= 0.6 is 0 Å². The van der Waals surface area contributed by atoms with E-state index in [-0.39, 0.29) is 56.5 Å². The van der Waals surface area contributed by atoms with Crippen molar-refractivity contribution in [3.63, 3.8) is 0 Å². The van der Waals surface area contributed by atoms with Gasteiger partial charge in [0.2, 0.25) is 17.7 Å². The predicted octanol–water partition coefficient (Wildman–Crippen LogP) is 2.37. The molecule has 0 aliphatic carbocycles. The summed E-state index contributed by atoms with van der Waals surface area (Å²) in [7, 11) is 1.61. The molecule has 2 aromatic rings. The average Bonchev–Trinajstić information content (AvgIpc) is 3.10. The highest BCUT2D eigenvalue weighted by Crippen LogP contribution is 2.28. The SMILES string of the molecule is CCN(CC)C(=O)CO[C@@H]1CN(Cc2ccc(OC)cc2)C(=O)CN(C(=O)[C@H]2COc3ccccc3C2)C1. The van der Waals surface area contributed by atoms with Crippen LogP contribution in [0.1, 0.15) is 25.0 Å². The van der Waals surface area contributed by atoms with Gasteiger partial charge in [-0.25, -0.2) is 0 Å². The van der Waals surface area contributed by atoms with E-state index < -0.39 is 6.10 Å². The monoisotopic (exact) mass is 523 g/mol. The molecular weight excluding hydrogens is 486 g/mol. The summed E-state index contributed by atoms with van der Waals surface area (Å²) in [6.07, 6.45) is 0.0567. The van der Waals surface area contributed by atoms with Crippen molar-refractivity contribution in [2.24, 2.45) is 5.92 Å². The second-order valence-electron chi connectivity index (χ2n) is 9.66. The Balaban J connectivity index is 1.49. The van der Waals surface area contributed by atoms with Gasteiger partial charge in [-0.1, -0.05) is 30.3 Å². The lowest BCUT2D eigenvalue weighted by Gasteiger charge is -2.30. The molecule has 0 aromatic heterocycles. The summed E-state index contributed by atoms with van der Waals surface area (Å²) in [5.41, 5.74) is 1.92. The predicted molar refractivity (Wildman–Crippen MR) is 142 cm³/mol. The Morgan fingerprint density at radius 2 is 1.79 bits per heavy atom. The van der Waals surface area contributed by atoms with Gasteiger partial charge < -0.3 is 28.9 Å². The van der Waals surface area contributed by atoms with Crippen LogP contribution in [0.3, 0.4) is 0 Å². The van der Waals surface area contributed by atoms with Crippen molar-refractivity contribution in [3.05, 3.63) is 59.7 Å². The number of ether oxygens (including phenoxy) is 3. The summed E-state index contributed by atoms with van der Waals surface area (Å²) in [5.74, 6) is 0.743. The van der Waals surface area contributed by atoms with Crippen molar-refractivity contribution in [2.45, 2.75) is 32.9 Å². The maximum Gasteiger partial charge on any atom is 0.248 e. The number of amides is 3. The number of carbonyl (C=O) groups excluding carboxylic acids is 3. The molecule has 1 fully saturated rings. The van der Waals surface area contributed by atoms with E-state index in [1.165, 1.54) is 0 Å². The van der Waals surface area contributed by atoms with Gasteiger partial charge in [0.05, 0.1) is 25.7 Å². The Labute approximate surface area is 224 Å². The fourth-order valence-corrected chi connectivity index (χ4v) is 4.96. The van der Waals surface area contributed by atoms with E-state index in [0.29, 0.717) is 26.1 Å². The van der Waals surface area contributed by atoms with E-state index in [9.17, 15) is 14.4 Å². The summed E-state index contributed by atoms with van der Waals surface area (Å²) < 4.78 is 17.1. The van der Waals surface area contributed by atoms with Crippen LogP contribution in [0.15, 0.2) is 48.5 Å². The first kappa shape index (κ1) is 27.4. The maximum absolute atomic E-state index is 13.6. The van der Waals surface area contributed by atoms with Crippen LogP contribution in [0.5, 0.6) is 11.5 Å². The van der Waals surface area contributed by atoms with Crippen LogP contribution in [0.2, 0.25) is 0 Å². The molecule has 2 atom stereocenters. The van der Waals surface area contributed by atoms with Crippen LogP contribution < -0.4 is 9.47 Å². The van der Waals surface area contributed by atoms with Gasteiger partial charge in [-0.15, -0.1) is 0 Å². The first-order valence-corrected chi connectivity index (χ1v) is 13.2. The molecule has 204 valence electrons. The van der Waals surface area contributed by atoms with Gasteiger partial charge in [-0.05, 0) is 49.6 Å². The zero-order valence-corrected chi connectivity index (χ0v) is 22.4. The van der Waals surface area contributed by atoms with Crippen molar-refractivity contribution >= 4 is 17.7 Å². The van der Waals surface area contributed by atoms with Crippen LogP contribution in [0, 0.1) is 5.92 Å². The van der Waals surface area contributed by atoms with E-state index in [1.54, 1.807) is 21.8 Å². The molecule has 2 aliphatic rings. The number of carbonyl (C=O) groups is 3. The number of nitrogens with zero attached hydrogens (tertiary/aromatic N) is 3. The Kier molecular flexibility index (Phi) is 9.23. The molecule has 0 unspecified atom stereocenters. The Morgan fingerprint density at radius 1 is 1.05 bits per heavy atom. The Hall–Kier alpha value is -3.59. The second-order valence-corrected chi connectivity index (χ2v) is 9.66. The molecule has 9 nitrogen and oxygen atoms in total. The van der Waals surface area contributed by atoms with Crippen molar-refractivity contribution in [2.75, 3.05) is 53.0 Å². The molecule has 0 spiro atoms. The summed E-state index contributed by atoms with van der Waals surface area (Å²) in [6, 6.07) is 15.2. The number of para-hydroxylation sites is 1. The van der Waals surface area contributed by atoms with E-state index in [2.05, 4.69) is 0 Å². The smallest absolute Gasteiger partial charge is 0.248 e. The highest BCUT2D eigenvalue weighted by molar-refractivity contribution is 5.87. The summed E-state index contributed by atoms with van der Waals surface area (Å²) in [5, 5.41) is 0. The Morgan fingerprint density at radius 3 is 2.50 bits per heavy atom. The van der Waals surface area contributed by atoms with Crippen molar-refractivity contribution in [1.29, 1.82) is 0 Å². The van der Waals surface area contributed by atoms with Crippen molar-refractivity contribution < 1.29 is 28.6 Å². The topological polar surface area (TPSA) is 88.6 Å². The van der Waals surface area contributed by atoms with E-state index in [4.69, 9.17) is 14.2 Å². The Bertz CT molecular complexity index is 1120. The van der Waals surface area contributed by atoms with Gasteiger partial charge in [-0.2, -0.15) is 0 Å². The van der Waals surface area contributed by atoms with Crippen LogP contribution in [-0.2, 0) is 32.1 Å².